The topological polar surface area (TPSA) is 93.5 Å². The van der Waals surface area contributed by atoms with Gasteiger partial charge in [-0.3, -0.25) is 9.59 Å². The van der Waals surface area contributed by atoms with Crippen molar-refractivity contribution in [3.63, 3.8) is 0 Å². The molecule has 6 rings (SSSR count). The summed E-state index contributed by atoms with van der Waals surface area (Å²) in [5.74, 6) is -0.774. The molecule has 2 heterocycles. The monoisotopic (exact) mass is 568 g/mol. The number of carbonyl (C=O) groups excluding carboxylic acids is 3. The zero-order valence-corrected chi connectivity index (χ0v) is 23.7. The van der Waals surface area contributed by atoms with Crippen LogP contribution < -0.4 is 10.2 Å². The Balaban J connectivity index is 1.40. The molecule has 0 saturated carbocycles. The van der Waals surface area contributed by atoms with Gasteiger partial charge in [-0.2, -0.15) is 5.10 Å². The van der Waals surface area contributed by atoms with Gasteiger partial charge >= 0.3 is 5.97 Å². The molecule has 8 nitrogen and oxygen atoms in total. The van der Waals surface area contributed by atoms with Crippen molar-refractivity contribution in [1.82, 2.24) is 9.78 Å². The minimum absolute atomic E-state index is 0.247. The smallest absolute Gasteiger partial charge is 0.338 e. The van der Waals surface area contributed by atoms with Crippen LogP contribution in [0.25, 0.3) is 22.5 Å². The number of imide groups is 1. The summed E-state index contributed by atoms with van der Waals surface area (Å²) < 4.78 is 6.84. The van der Waals surface area contributed by atoms with Crippen molar-refractivity contribution in [3.8, 4) is 16.9 Å². The zero-order chi connectivity index (χ0) is 29.9. The number of hydrogen-bond acceptors (Lipinski definition) is 6. The maximum Gasteiger partial charge on any atom is 0.338 e. The Kier molecular flexibility index (Phi) is 7.41. The molecule has 8 heteroatoms. The van der Waals surface area contributed by atoms with Crippen LogP contribution in [0.4, 0.5) is 11.5 Å². The van der Waals surface area contributed by atoms with Gasteiger partial charge in [0.05, 0.1) is 34.8 Å². The Labute approximate surface area is 248 Å². The molecule has 0 radical (unpaired) electrons. The lowest BCUT2D eigenvalue weighted by Gasteiger charge is -2.28. The fraction of sp³-hybridized carbons (Fsp3) is 0.0857. The summed E-state index contributed by atoms with van der Waals surface area (Å²) in [4.78, 5) is 40.7. The summed E-state index contributed by atoms with van der Waals surface area (Å²) in [5, 5.41) is 8.15. The number of carbonyl (C=O) groups is 3. The molecule has 1 N–H and O–H groups in total. The van der Waals surface area contributed by atoms with E-state index < -0.39 is 17.8 Å². The lowest BCUT2D eigenvalue weighted by molar-refractivity contribution is -0.112. The highest BCUT2D eigenvalue weighted by atomic mass is 16.5. The predicted molar refractivity (Wildman–Crippen MR) is 166 cm³/mol. The Morgan fingerprint density at radius 2 is 1.49 bits per heavy atom. The van der Waals surface area contributed by atoms with Gasteiger partial charge in [0.2, 0.25) is 0 Å². The lowest BCUT2D eigenvalue weighted by atomic mass is 9.93. The standard InChI is InChI=1S/C35H28N4O4/c1-3-43-35(42)25-17-19-26(20-18-25)38-33(40)29-12-8-7-11-28(29)30(34(38)41)22-36-32-21-31(24-15-13-23(2)14-16-24)37-39(32)27-9-5-4-6-10-27/h4-22,36H,3H2,1-2H3. The molecular weight excluding hydrogens is 540 g/mol. The van der Waals surface area contributed by atoms with Crippen molar-refractivity contribution in [3.05, 3.63) is 138 Å². The fourth-order valence-electron chi connectivity index (χ4n) is 4.95. The first-order valence-electron chi connectivity index (χ1n) is 13.9. The first-order chi connectivity index (χ1) is 20.9. The maximum atomic E-state index is 13.9. The molecule has 2 amide bonds. The molecule has 1 aliphatic heterocycles. The van der Waals surface area contributed by atoms with Gasteiger partial charge < -0.3 is 10.1 Å². The van der Waals surface area contributed by atoms with Gasteiger partial charge in [-0.05, 0) is 56.3 Å². The van der Waals surface area contributed by atoms with Crippen LogP contribution in [0.5, 0.6) is 0 Å². The van der Waals surface area contributed by atoms with E-state index in [0.717, 1.165) is 27.4 Å². The molecule has 0 spiro atoms. The van der Waals surface area contributed by atoms with E-state index in [0.29, 0.717) is 33.8 Å². The summed E-state index contributed by atoms with van der Waals surface area (Å²) in [6.45, 7) is 4.01. The van der Waals surface area contributed by atoms with Crippen molar-refractivity contribution in [1.29, 1.82) is 0 Å². The Morgan fingerprint density at radius 1 is 0.814 bits per heavy atom. The number of ether oxygens (including phenoxy) is 1. The molecule has 1 aliphatic rings. The van der Waals surface area contributed by atoms with E-state index in [9.17, 15) is 14.4 Å². The minimum Gasteiger partial charge on any atom is -0.462 e. The molecule has 212 valence electrons. The third-order valence-corrected chi connectivity index (χ3v) is 7.14. The molecule has 0 bridgehead atoms. The number of aryl methyl sites for hydroxylation is 1. The maximum absolute atomic E-state index is 13.9. The Hall–Kier alpha value is -5.76. The molecule has 0 aliphatic carbocycles. The van der Waals surface area contributed by atoms with Crippen LogP contribution in [0, 0.1) is 6.92 Å². The minimum atomic E-state index is -0.496. The molecule has 0 saturated heterocycles. The number of esters is 1. The van der Waals surface area contributed by atoms with Crippen LogP contribution in [-0.2, 0) is 9.53 Å². The third-order valence-electron chi connectivity index (χ3n) is 7.14. The first-order valence-corrected chi connectivity index (χ1v) is 13.9. The lowest BCUT2D eigenvalue weighted by Crippen LogP contribution is -2.42. The number of hydrogen-bond donors (Lipinski definition) is 1. The highest BCUT2D eigenvalue weighted by Gasteiger charge is 2.36. The first kappa shape index (κ1) is 27.4. The molecule has 4 aromatic carbocycles. The number of aromatic nitrogens is 2. The van der Waals surface area contributed by atoms with Gasteiger partial charge in [0.1, 0.15) is 5.82 Å². The third kappa shape index (κ3) is 5.34. The summed E-state index contributed by atoms with van der Waals surface area (Å²) >= 11 is 0. The summed E-state index contributed by atoms with van der Waals surface area (Å²) in [7, 11) is 0. The number of para-hydroxylation sites is 1. The Bertz CT molecular complexity index is 1860. The van der Waals surface area contributed by atoms with Crippen LogP contribution in [0.15, 0.2) is 115 Å². The van der Waals surface area contributed by atoms with E-state index in [1.807, 2.05) is 67.6 Å². The summed E-state index contributed by atoms with van der Waals surface area (Å²) in [6, 6.07) is 33.0. The van der Waals surface area contributed by atoms with E-state index in [4.69, 9.17) is 9.84 Å². The van der Waals surface area contributed by atoms with E-state index in [2.05, 4.69) is 5.32 Å². The van der Waals surface area contributed by atoms with Crippen molar-refractivity contribution in [2.24, 2.45) is 0 Å². The molecule has 5 aromatic rings. The summed E-state index contributed by atoms with van der Waals surface area (Å²) in [5.41, 5.74) is 5.61. The van der Waals surface area contributed by atoms with Crippen LogP contribution in [0.1, 0.15) is 38.8 Å². The van der Waals surface area contributed by atoms with Crippen molar-refractivity contribution in [2.75, 3.05) is 16.8 Å². The number of amides is 2. The van der Waals surface area contributed by atoms with Crippen LogP contribution in [0.3, 0.4) is 0 Å². The number of fused-ring (bicyclic) bond motifs is 1. The second-order valence-corrected chi connectivity index (χ2v) is 9.99. The summed E-state index contributed by atoms with van der Waals surface area (Å²) in [6.07, 6.45) is 1.61. The van der Waals surface area contributed by atoms with E-state index in [1.54, 1.807) is 66.3 Å². The highest BCUT2D eigenvalue weighted by Crippen LogP contribution is 2.33. The van der Waals surface area contributed by atoms with E-state index >= 15 is 0 Å². The van der Waals surface area contributed by atoms with Crippen molar-refractivity contribution >= 4 is 34.9 Å². The molecule has 1 aromatic heterocycles. The second kappa shape index (κ2) is 11.6. The molecular formula is C35H28N4O4. The zero-order valence-electron chi connectivity index (χ0n) is 23.7. The molecule has 43 heavy (non-hydrogen) atoms. The average molecular weight is 569 g/mol. The molecule has 0 unspecified atom stereocenters. The van der Waals surface area contributed by atoms with Gasteiger partial charge in [0.15, 0.2) is 0 Å². The SMILES string of the molecule is CCOC(=O)c1ccc(N2C(=O)C(=CNc3cc(-c4ccc(C)cc4)nn3-c3ccccc3)c3ccccc3C2=O)cc1. The highest BCUT2D eigenvalue weighted by molar-refractivity contribution is 6.41. The van der Waals surface area contributed by atoms with E-state index in [-0.39, 0.29) is 6.61 Å². The number of anilines is 2. The number of nitrogens with one attached hydrogen (secondary N) is 1. The van der Waals surface area contributed by atoms with Crippen LogP contribution in [0.2, 0.25) is 0 Å². The average Bonchev–Trinajstić information content (AvgIpc) is 3.46. The molecule has 0 atom stereocenters. The quantitative estimate of drug-likeness (QED) is 0.134. The van der Waals surface area contributed by atoms with Crippen molar-refractivity contribution in [2.45, 2.75) is 13.8 Å². The van der Waals surface area contributed by atoms with E-state index in [1.165, 1.54) is 0 Å². The van der Waals surface area contributed by atoms with Crippen molar-refractivity contribution < 1.29 is 19.1 Å². The second-order valence-electron chi connectivity index (χ2n) is 9.99. The van der Waals surface area contributed by atoms with Gasteiger partial charge in [-0.15, -0.1) is 0 Å². The number of rotatable bonds is 7. The normalized spacial score (nSPS) is 13.6. The van der Waals surface area contributed by atoms with Crippen LogP contribution >= 0.6 is 0 Å². The van der Waals surface area contributed by atoms with Gasteiger partial charge in [0, 0.05) is 29.0 Å². The Morgan fingerprint density at radius 3 is 2.19 bits per heavy atom. The van der Waals surface area contributed by atoms with Crippen LogP contribution in [-0.4, -0.2) is 34.2 Å². The van der Waals surface area contributed by atoms with Gasteiger partial charge in [-0.1, -0.05) is 66.2 Å². The van der Waals surface area contributed by atoms with Gasteiger partial charge in [-0.25, -0.2) is 14.4 Å². The molecule has 0 fully saturated rings. The number of nitrogens with zero attached hydrogens (tertiary/aromatic N) is 3. The largest absolute Gasteiger partial charge is 0.462 e. The predicted octanol–water partition coefficient (Wildman–Crippen LogP) is 6.66. The van der Waals surface area contributed by atoms with Gasteiger partial charge in [0.25, 0.3) is 11.8 Å². The number of benzene rings is 4. The fourth-order valence-corrected chi connectivity index (χ4v) is 4.95.